The van der Waals surface area contributed by atoms with Crippen molar-refractivity contribution in [2.45, 2.75) is 38.3 Å². The monoisotopic (exact) mass is 276 g/mol. The van der Waals surface area contributed by atoms with Crippen LogP contribution in [0.5, 0.6) is 0 Å². The first-order valence-corrected chi connectivity index (χ1v) is 6.98. The van der Waals surface area contributed by atoms with Crippen molar-refractivity contribution >= 4 is 12.0 Å². The smallest absolute Gasteiger partial charge is 0.330 e. The van der Waals surface area contributed by atoms with Gasteiger partial charge in [0.05, 0.1) is 0 Å². The van der Waals surface area contributed by atoms with Crippen LogP contribution in [0.2, 0.25) is 0 Å². The van der Waals surface area contributed by atoms with Crippen LogP contribution in [0.25, 0.3) is 0 Å². The Morgan fingerprint density at radius 3 is 2.70 bits per heavy atom. The van der Waals surface area contributed by atoms with Crippen molar-refractivity contribution in [1.29, 1.82) is 0 Å². The van der Waals surface area contributed by atoms with Crippen LogP contribution >= 0.6 is 0 Å². The number of rotatable bonds is 4. The second-order valence-electron chi connectivity index (χ2n) is 5.03. The second-order valence-corrected chi connectivity index (χ2v) is 5.03. The molecule has 1 aromatic carbocycles. The largest absolute Gasteiger partial charge is 0.479 e. The first-order chi connectivity index (χ1) is 9.63. The van der Waals surface area contributed by atoms with Crippen LogP contribution in [0.1, 0.15) is 37.8 Å². The van der Waals surface area contributed by atoms with Crippen LogP contribution in [0.4, 0.5) is 4.79 Å². The third-order valence-electron chi connectivity index (χ3n) is 3.76. The van der Waals surface area contributed by atoms with Crippen molar-refractivity contribution in [3.63, 3.8) is 0 Å². The van der Waals surface area contributed by atoms with Gasteiger partial charge in [-0.25, -0.2) is 9.59 Å². The minimum atomic E-state index is -1.04. The molecule has 2 rings (SSSR count). The minimum Gasteiger partial charge on any atom is -0.479 e. The number of carbonyl (C=O) groups is 2. The molecular weight excluding hydrogens is 256 g/mol. The van der Waals surface area contributed by atoms with E-state index in [2.05, 4.69) is 5.32 Å². The van der Waals surface area contributed by atoms with Gasteiger partial charge in [-0.15, -0.1) is 0 Å². The highest BCUT2D eigenvalue weighted by molar-refractivity contribution is 5.84. The number of hydrogen-bond acceptors (Lipinski definition) is 2. The zero-order chi connectivity index (χ0) is 14.5. The van der Waals surface area contributed by atoms with Gasteiger partial charge in [-0.2, -0.15) is 0 Å². The summed E-state index contributed by atoms with van der Waals surface area (Å²) in [4.78, 5) is 25.4. The number of aliphatic carboxylic acids is 1. The Morgan fingerprint density at radius 1 is 1.40 bits per heavy atom. The van der Waals surface area contributed by atoms with Gasteiger partial charge in [0, 0.05) is 12.6 Å². The molecule has 0 radical (unpaired) electrons. The van der Waals surface area contributed by atoms with Crippen molar-refractivity contribution in [1.82, 2.24) is 10.2 Å². The maximum Gasteiger partial charge on any atom is 0.330 e. The van der Waals surface area contributed by atoms with Crippen LogP contribution in [0, 0.1) is 0 Å². The van der Waals surface area contributed by atoms with E-state index in [1.165, 1.54) is 0 Å². The second kappa shape index (κ2) is 6.41. The van der Waals surface area contributed by atoms with E-state index in [4.69, 9.17) is 0 Å². The highest BCUT2D eigenvalue weighted by atomic mass is 16.4. The molecule has 2 atom stereocenters. The van der Waals surface area contributed by atoms with Gasteiger partial charge in [0.25, 0.3) is 0 Å². The maximum absolute atomic E-state index is 12.3. The molecule has 5 heteroatoms. The summed E-state index contributed by atoms with van der Waals surface area (Å²) in [6.07, 6.45) is 2.87. The Kier molecular flexibility index (Phi) is 4.61. The Labute approximate surface area is 118 Å². The topological polar surface area (TPSA) is 69.6 Å². The highest BCUT2D eigenvalue weighted by Crippen LogP contribution is 2.21. The molecule has 20 heavy (non-hydrogen) atoms. The van der Waals surface area contributed by atoms with Crippen molar-refractivity contribution in [3.05, 3.63) is 35.9 Å². The lowest BCUT2D eigenvalue weighted by atomic mass is 10.1. The number of carboxylic acid groups (broad SMARTS) is 1. The van der Waals surface area contributed by atoms with Crippen LogP contribution in [-0.4, -0.2) is 34.6 Å². The van der Waals surface area contributed by atoms with Crippen molar-refractivity contribution < 1.29 is 14.7 Å². The number of hydrogen-bond donors (Lipinski definition) is 2. The number of carboxylic acids is 1. The van der Waals surface area contributed by atoms with E-state index in [9.17, 15) is 14.7 Å². The zero-order valence-electron chi connectivity index (χ0n) is 11.6. The molecule has 0 saturated carbocycles. The summed E-state index contributed by atoms with van der Waals surface area (Å²) in [5.74, 6) is -1.04. The molecule has 1 aliphatic heterocycles. The summed E-state index contributed by atoms with van der Waals surface area (Å²) in [7, 11) is 0. The molecule has 1 saturated heterocycles. The van der Waals surface area contributed by atoms with Crippen molar-refractivity contribution in [2.24, 2.45) is 0 Å². The lowest BCUT2D eigenvalue weighted by Gasteiger charge is -2.26. The average molecular weight is 276 g/mol. The van der Waals surface area contributed by atoms with Crippen LogP contribution in [-0.2, 0) is 4.79 Å². The number of nitrogens with one attached hydrogen (secondary N) is 1. The van der Waals surface area contributed by atoms with Crippen LogP contribution < -0.4 is 5.32 Å². The molecular formula is C15H20N2O3. The third kappa shape index (κ3) is 3.10. The Bertz CT molecular complexity index is 475. The molecule has 1 fully saturated rings. The first-order valence-electron chi connectivity index (χ1n) is 6.98. The fraction of sp³-hybridized carbons (Fsp3) is 0.467. The molecule has 0 aliphatic carbocycles. The first kappa shape index (κ1) is 14.4. The summed E-state index contributed by atoms with van der Waals surface area (Å²) in [5, 5.41) is 11.9. The van der Waals surface area contributed by atoms with E-state index in [0.29, 0.717) is 12.1 Å². The quantitative estimate of drug-likeness (QED) is 0.887. The fourth-order valence-electron chi connectivity index (χ4n) is 2.67. The molecule has 0 bridgehead atoms. The van der Waals surface area contributed by atoms with E-state index < -0.39 is 12.0 Å². The molecule has 1 unspecified atom stereocenters. The fourth-order valence-corrected chi connectivity index (χ4v) is 2.67. The predicted molar refractivity (Wildman–Crippen MR) is 75.4 cm³/mol. The third-order valence-corrected chi connectivity index (χ3v) is 3.76. The van der Waals surface area contributed by atoms with E-state index in [-0.39, 0.29) is 12.1 Å². The molecule has 1 aromatic rings. The number of urea groups is 1. The molecule has 1 aliphatic rings. The van der Waals surface area contributed by atoms with Gasteiger partial charge in [0.15, 0.2) is 6.04 Å². The van der Waals surface area contributed by atoms with Gasteiger partial charge in [0.1, 0.15) is 0 Å². The summed E-state index contributed by atoms with van der Waals surface area (Å²) in [6, 6.07) is 7.70. The van der Waals surface area contributed by atoms with Gasteiger partial charge in [0.2, 0.25) is 0 Å². The lowest BCUT2D eigenvalue weighted by molar-refractivity contribution is -0.139. The molecule has 2 N–H and O–H groups in total. The van der Waals surface area contributed by atoms with E-state index >= 15 is 0 Å². The lowest BCUT2D eigenvalue weighted by Crippen LogP contribution is -2.45. The van der Waals surface area contributed by atoms with Crippen LogP contribution in [0.15, 0.2) is 30.3 Å². The number of nitrogens with zero attached hydrogens (tertiary/aromatic N) is 1. The van der Waals surface area contributed by atoms with Gasteiger partial charge < -0.3 is 15.3 Å². The summed E-state index contributed by atoms with van der Waals surface area (Å²) in [6.45, 7) is 2.74. The molecule has 1 heterocycles. The minimum absolute atomic E-state index is 0.222. The molecule has 0 spiro atoms. The summed E-state index contributed by atoms with van der Waals surface area (Å²) >= 11 is 0. The molecule has 108 valence electrons. The number of amides is 2. The van der Waals surface area contributed by atoms with Gasteiger partial charge in [-0.3, -0.25) is 0 Å². The highest BCUT2D eigenvalue weighted by Gasteiger charge is 2.30. The van der Waals surface area contributed by atoms with Crippen molar-refractivity contribution in [3.8, 4) is 0 Å². The van der Waals surface area contributed by atoms with Gasteiger partial charge >= 0.3 is 12.0 Å². The summed E-state index contributed by atoms with van der Waals surface area (Å²) < 4.78 is 0. The van der Waals surface area contributed by atoms with Gasteiger partial charge in [-0.1, -0.05) is 37.3 Å². The number of benzene rings is 1. The normalized spacial score (nSPS) is 19.6. The van der Waals surface area contributed by atoms with Gasteiger partial charge in [-0.05, 0) is 24.8 Å². The molecule has 0 aromatic heterocycles. The molecule has 2 amide bonds. The average Bonchev–Trinajstić information content (AvgIpc) is 2.93. The Balaban J connectivity index is 2.09. The van der Waals surface area contributed by atoms with E-state index in [1.807, 2.05) is 13.0 Å². The Morgan fingerprint density at radius 2 is 2.10 bits per heavy atom. The Hall–Kier alpha value is -2.04. The standard InChI is InChI=1S/C15H20N2O3/c1-2-12-9-6-10-17(12)15(20)16-13(14(18)19)11-7-4-3-5-8-11/h3-5,7-8,12-13H,2,6,9-10H2,1H3,(H,16,20)(H,18,19)/t12?,13-/m1/s1. The zero-order valence-corrected chi connectivity index (χ0v) is 11.6. The van der Waals surface area contributed by atoms with Crippen LogP contribution in [0.3, 0.4) is 0 Å². The number of likely N-dealkylation sites (tertiary alicyclic amines) is 1. The SMILES string of the molecule is CCC1CCCN1C(=O)N[C@@H](C(=O)O)c1ccccc1. The molecule has 5 nitrogen and oxygen atoms in total. The maximum atomic E-state index is 12.3. The summed E-state index contributed by atoms with van der Waals surface area (Å²) in [5.41, 5.74) is 0.584. The van der Waals surface area contributed by atoms with E-state index in [1.54, 1.807) is 29.2 Å². The number of carbonyl (C=O) groups excluding carboxylic acids is 1. The van der Waals surface area contributed by atoms with E-state index in [0.717, 1.165) is 19.3 Å². The van der Waals surface area contributed by atoms with Crippen molar-refractivity contribution in [2.75, 3.05) is 6.54 Å². The predicted octanol–water partition coefficient (Wildman–Crippen LogP) is 2.40.